The largest absolute Gasteiger partial charge is 0.283 e. The van der Waals surface area contributed by atoms with Crippen LogP contribution in [0.1, 0.15) is 16.8 Å². The lowest BCUT2D eigenvalue weighted by molar-refractivity contribution is 0.680. The number of thiophene rings is 1. The van der Waals surface area contributed by atoms with E-state index in [9.17, 15) is 4.79 Å². The molecule has 0 saturated heterocycles. The summed E-state index contributed by atoms with van der Waals surface area (Å²) in [6, 6.07) is 19.8. The minimum Gasteiger partial charge on any atom is -0.267 e. The van der Waals surface area contributed by atoms with Crippen LogP contribution < -0.4 is 5.56 Å². The average Bonchev–Trinajstić information content (AvgIpc) is 3.36. The molecule has 0 atom stereocenters. The van der Waals surface area contributed by atoms with Crippen LogP contribution in [0.5, 0.6) is 0 Å². The molecule has 0 radical (unpaired) electrons. The summed E-state index contributed by atoms with van der Waals surface area (Å²) in [6.45, 7) is 2.42. The van der Waals surface area contributed by atoms with Crippen molar-refractivity contribution in [2.24, 2.45) is 5.10 Å². The molecule has 0 unspecified atom stereocenters. The zero-order valence-electron chi connectivity index (χ0n) is 17.1. The molecule has 0 fully saturated rings. The number of nitrogens with zero attached hydrogens (tertiary/aromatic N) is 5. The van der Waals surface area contributed by atoms with E-state index >= 15 is 0 Å². The maximum atomic E-state index is 13.2. The minimum atomic E-state index is -0.225. The third-order valence-electron chi connectivity index (χ3n) is 5.16. The van der Waals surface area contributed by atoms with Gasteiger partial charge in [0.05, 0.1) is 29.4 Å². The van der Waals surface area contributed by atoms with E-state index in [2.05, 4.69) is 15.2 Å². The van der Waals surface area contributed by atoms with Crippen LogP contribution >= 0.6 is 22.9 Å². The lowest BCUT2D eigenvalue weighted by Gasteiger charge is -2.03. The molecule has 5 aromatic rings. The zero-order chi connectivity index (χ0) is 22.1. The lowest BCUT2D eigenvalue weighted by atomic mass is 10.1. The fourth-order valence-electron chi connectivity index (χ4n) is 3.53. The van der Waals surface area contributed by atoms with Crippen LogP contribution in [0.2, 0.25) is 5.15 Å². The summed E-state index contributed by atoms with van der Waals surface area (Å²) in [5.74, 6) is 0. The van der Waals surface area contributed by atoms with E-state index in [4.69, 9.17) is 11.6 Å². The Morgan fingerprint density at radius 3 is 2.56 bits per heavy atom. The molecule has 5 rings (SSSR count). The molecule has 0 amide bonds. The highest BCUT2D eigenvalue weighted by Crippen LogP contribution is 2.30. The van der Waals surface area contributed by atoms with Crippen molar-refractivity contribution >= 4 is 39.4 Å². The van der Waals surface area contributed by atoms with Crippen LogP contribution in [0, 0.1) is 6.92 Å². The Labute approximate surface area is 193 Å². The van der Waals surface area contributed by atoms with Gasteiger partial charge >= 0.3 is 0 Å². The highest BCUT2D eigenvalue weighted by molar-refractivity contribution is 7.17. The number of benzene rings is 2. The molecule has 0 N–H and O–H groups in total. The van der Waals surface area contributed by atoms with Gasteiger partial charge in [-0.3, -0.25) is 4.79 Å². The van der Waals surface area contributed by atoms with Crippen molar-refractivity contribution in [2.45, 2.75) is 13.5 Å². The second-order valence-corrected chi connectivity index (χ2v) is 8.48. The van der Waals surface area contributed by atoms with Gasteiger partial charge in [0.2, 0.25) is 0 Å². The number of aromatic nitrogens is 4. The first-order valence-corrected chi connectivity index (χ1v) is 11.2. The van der Waals surface area contributed by atoms with Crippen molar-refractivity contribution in [1.29, 1.82) is 0 Å². The highest BCUT2D eigenvalue weighted by Gasteiger charge is 2.14. The van der Waals surface area contributed by atoms with E-state index in [1.54, 1.807) is 10.9 Å². The van der Waals surface area contributed by atoms with Crippen LogP contribution in [-0.4, -0.2) is 25.7 Å². The fourth-order valence-corrected chi connectivity index (χ4v) is 4.72. The van der Waals surface area contributed by atoms with Crippen molar-refractivity contribution in [3.05, 3.63) is 105 Å². The molecule has 32 heavy (non-hydrogen) atoms. The first kappa shape index (κ1) is 20.4. The van der Waals surface area contributed by atoms with Crippen molar-refractivity contribution < 1.29 is 0 Å². The summed E-state index contributed by atoms with van der Waals surface area (Å²) < 4.78 is 2.97. The highest BCUT2D eigenvalue weighted by atomic mass is 35.5. The molecule has 0 aliphatic heterocycles. The second-order valence-electron chi connectivity index (χ2n) is 7.27. The Kier molecular flexibility index (Phi) is 5.43. The Bertz CT molecular complexity index is 1490. The van der Waals surface area contributed by atoms with Crippen molar-refractivity contribution in [3.8, 4) is 11.1 Å². The van der Waals surface area contributed by atoms with Gasteiger partial charge in [-0.25, -0.2) is 9.67 Å². The summed E-state index contributed by atoms with van der Waals surface area (Å²) in [7, 11) is 0. The van der Waals surface area contributed by atoms with E-state index in [0.717, 1.165) is 22.4 Å². The van der Waals surface area contributed by atoms with Gasteiger partial charge in [-0.1, -0.05) is 72.3 Å². The monoisotopic (exact) mass is 459 g/mol. The third kappa shape index (κ3) is 3.77. The van der Waals surface area contributed by atoms with Gasteiger partial charge < -0.3 is 0 Å². The maximum Gasteiger partial charge on any atom is 0.283 e. The number of halogens is 1. The Morgan fingerprint density at radius 1 is 1.09 bits per heavy atom. The second kappa shape index (κ2) is 8.53. The van der Waals surface area contributed by atoms with E-state index in [-0.39, 0.29) is 5.56 Å². The first-order chi connectivity index (χ1) is 15.6. The van der Waals surface area contributed by atoms with Crippen molar-refractivity contribution in [1.82, 2.24) is 19.4 Å². The maximum absolute atomic E-state index is 13.2. The Morgan fingerprint density at radius 2 is 1.81 bits per heavy atom. The molecule has 8 heteroatoms. The van der Waals surface area contributed by atoms with Crippen LogP contribution in [0.25, 0.3) is 21.3 Å². The summed E-state index contributed by atoms with van der Waals surface area (Å²) in [4.78, 5) is 18.3. The predicted octanol–water partition coefficient (Wildman–Crippen LogP) is 5.21. The van der Waals surface area contributed by atoms with Crippen molar-refractivity contribution in [3.63, 3.8) is 0 Å². The topological polar surface area (TPSA) is 65.1 Å². The fraction of sp³-hybridized carbons (Fsp3) is 0.0833. The van der Waals surface area contributed by atoms with Gasteiger partial charge in [-0.05, 0) is 18.1 Å². The third-order valence-corrected chi connectivity index (χ3v) is 6.44. The molecule has 3 heterocycles. The summed E-state index contributed by atoms with van der Waals surface area (Å²) in [5, 5.41) is 11.9. The minimum absolute atomic E-state index is 0.225. The van der Waals surface area contributed by atoms with Gasteiger partial charge in [0.1, 0.15) is 16.3 Å². The quantitative estimate of drug-likeness (QED) is 0.339. The molecular formula is C24H18ClN5OS. The SMILES string of the molecule is Cc1nn(Cc2ccccc2)c(Cl)c1/C=N/n1cnc2scc(-c3ccccc3)c2c1=O. The van der Waals surface area contributed by atoms with Crippen LogP contribution in [0.3, 0.4) is 0 Å². The summed E-state index contributed by atoms with van der Waals surface area (Å²) in [6.07, 6.45) is 3.00. The smallest absolute Gasteiger partial charge is 0.267 e. The predicted molar refractivity (Wildman–Crippen MR) is 130 cm³/mol. The number of rotatable bonds is 5. The average molecular weight is 460 g/mol. The molecule has 0 aliphatic rings. The normalized spacial score (nSPS) is 11.6. The lowest BCUT2D eigenvalue weighted by Crippen LogP contribution is -2.16. The molecule has 0 saturated carbocycles. The molecular weight excluding hydrogens is 442 g/mol. The van der Waals surface area contributed by atoms with Gasteiger partial charge in [0, 0.05) is 10.9 Å². The first-order valence-electron chi connectivity index (χ1n) is 9.97. The Hall–Kier alpha value is -3.55. The number of fused-ring (bicyclic) bond motifs is 1. The van der Waals surface area contributed by atoms with Crippen LogP contribution in [-0.2, 0) is 6.54 Å². The van der Waals surface area contributed by atoms with E-state index in [1.165, 1.54) is 22.3 Å². The molecule has 6 nitrogen and oxygen atoms in total. The van der Waals surface area contributed by atoms with E-state index < -0.39 is 0 Å². The van der Waals surface area contributed by atoms with E-state index in [0.29, 0.717) is 27.5 Å². The molecule has 0 bridgehead atoms. The molecule has 158 valence electrons. The summed E-state index contributed by atoms with van der Waals surface area (Å²) >= 11 is 8.02. The summed E-state index contributed by atoms with van der Waals surface area (Å²) in [5.41, 5.74) is 4.10. The molecule has 2 aromatic carbocycles. The molecule has 3 aromatic heterocycles. The number of hydrogen-bond donors (Lipinski definition) is 0. The van der Waals surface area contributed by atoms with E-state index in [1.807, 2.05) is 73.0 Å². The zero-order valence-corrected chi connectivity index (χ0v) is 18.7. The molecule has 0 aliphatic carbocycles. The van der Waals surface area contributed by atoms with Crippen LogP contribution in [0.4, 0.5) is 0 Å². The van der Waals surface area contributed by atoms with Gasteiger partial charge in [0.15, 0.2) is 0 Å². The van der Waals surface area contributed by atoms with Crippen molar-refractivity contribution in [2.75, 3.05) is 0 Å². The van der Waals surface area contributed by atoms with Gasteiger partial charge in [-0.2, -0.15) is 14.9 Å². The van der Waals surface area contributed by atoms with Crippen LogP contribution in [0.15, 0.2) is 82.3 Å². The number of aryl methyl sites for hydroxylation is 1. The molecule has 0 spiro atoms. The Balaban J connectivity index is 1.51. The van der Waals surface area contributed by atoms with Gasteiger partial charge in [0.25, 0.3) is 5.56 Å². The standard InChI is InChI=1S/C24H18ClN5OS/c1-16-19(22(25)29(28-16)13-17-8-4-2-5-9-17)12-27-30-15-26-23-21(24(30)31)20(14-32-23)18-10-6-3-7-11-18/h2-12,14-15H,13H2,1H3/b27-12+. The van der Waals surface area contributed by atoms with Gasteiger partial charge in [-0.15, -0.1) is 11.3 Å². The number of hydrogen-bond acceptors (Lipinski definition) is 5.